The number of methoxy groups -OCH3 is 2. The molecule has 1 aromatic rings. The third-order valence-electron chi connectivity index (χ3n) is 4.30. The molecule has 0 aromatic heterocycles. The molecule has 3 nitrogen and oxygen atoms in total. The molecule has 0 saturated carbocycles. The lowest BCUT2D eigenvalue weighted by atomic mass is 9.75. The van der Waals surface area contributed by atoms with E-state index in [1.165, 1.54) is 5.56 Å². The van der Waals surface area contributed by atoms with Crippen LogP contribution in [0.1, 0.15) is 31.7 Å². The molecule has 112 valence electrons. The fourth-order valence-corrected chi connectivity index (χ4v) is 3.53. The molecule has 2 unspecified atom stereocenters. The SMILES string of the molecule is COc1ccc(C2CCNCC2C(C)C)c(Cl)c1OC. The van der Waals surface area contributed by atoms with Crippen molar-refractivity contribution in [3.63, 3.8) is 0 Å². The van der Waals surface area contributed by atoms with Gasteiger partial charge in [0.1, 0.15) is 0 Å². The zero-order chi connectivity index (χ0) is 14.7. The Labute approximate surface area is 126 Å². The third-order valence-corrected chi connectivity index (χ3v) is 4.69. The Balaban J connectivity index is 2.40. The summed E-state index contributed by atoms with van der Waals surface area (Å²) in [7, 11) is 3.27. The van der Waals surface area contributed by atoms with Crippen molar-refractivity contribution in [2.45, 2.75) is 26.2 Å². The Morgan fingerprint density at radius 2 is 2.00 bits per heavy atom. The van der Waals surface area contributed by atoms with Gasteiger partial charge in [0.25, 0.3) is 0 Å². The Hall–Kier alpha value is -0.930. The Morgan fingerprint density at radius 1 is 1.25 bits per heavy atom. The molecule has 0 amide bonds. The van der Waals surface area contributed by atoms with Crippen molar-refractivity contribution < 1.29 is 9.47 Å². The summed E-state index contributed by atoms with van der Waals surface area (Å²) in [6.45, 7) is 6.64. The highest BCUT2D eigenvalue weighted by Crippen LogP contribution is 2.44. The molecule has 0 bridgehead atoms. The number of nitrogens with one attached hydrogen (secondary N) is 1. The third kappa shape index (κ3) is 2.89. The minimum absolute atomic E-state index is 0.476. The number of ether oxygens (including phenoxy) is 2. The first-order valence-electron chi connectivity index (χ1n) is 7.21. The molecule has 1 aliphatic heterocycles. The topological polar surface area (TPSA) is 30.5 Å². The molecule has 0 aliphatic carbocycles. The van der Waals surface area contributed by atoms with Gasteiger partial charge in [0, 0.05) is 0 Å². The molecule has 1 aliphatic rings. The molecular weight excluding hydrogens is 274 g/mol. The molecule has 1 N–H and O–H groups in total. The maximum absolute atomic E-state index is 6.57. The van der Waals surface area contributed by atoms with Crippen LogP contribution in [0.15, 0.2) is 12.1 Å². The number of halogens is 1. The van der Waals surface area contributed by atoms with Gasteiger partial charge in [-0.05, 0) is 48.9 Å². The Kier molecular flexibility index (Phi) is 5.17. The summed E-state index contributed by atoms with van der Waals surface area (Å²) < 4.78 is 10.7. The zero-order valence-electron chi connectivity index (χ0n) is 12.7. The molecule has 1 heterocycles. The average Bonchev–Trinajstić information content (AvgIpc) is 2.46. The second kappa shape index (κ2) is 6.68. The van der Waals surface area contributed by atoms with E-state index >= 15 is 0 Å². The van der Waals surface area contributed by atoms with Crippen molar-refractivity contribution in [1.29, 1.82) is 0 Å². The average molecular weight is 298 g/mol. The summed E-state index contributed by atoms with van der Waals surface area (Å²) in [6, 6.07) is 4.05. The molecule has 4 heteroatoms. The van der Waals surface area contributed by atoms with Crippen LogP contribution in [0.2, 0.25) is 5.02 Å². The molecule has 0 spiro atoms. The monoisotopic (exact) mass is 297 g/mol. The lowest BCUT2D eigenvalue weighted by molar-refractivity contribution is 0.254. The van der Waals surface area contributed by atoms with E-state index in [4.69, 9.17) is 21.1 Å². The molecular formula is C16H24ClNO2. The van der Waals surface area contributed by atoms with Crippen molar-refractivity contribution in [1.82, 2.24) is 5.32 Å². The summed E-state index contributed by atoms with van der Waals surface area (Å²) in [6.07, 6.45) is 1.11. The zero-order valence-corrected chi connectivity index (χ0v) is 13.5. The van der Waals surface area contributed by atoms with Gasteiger partial charge in [0.15, 0.2) is 11.5 Å². The first kappa shape index (κ1) is 15.5. The van der Waals surface area contributed by atoms with E-state index < -0.39 is 0 Å². The standard InChI is InChI=1S/C16H24ClNO2/c1-10(2)13-9-18-8-7-11(13)12-5-6-14(19-3)16(20-4)15(12)17/h5-6,10-11,13,18H,7-9H2,1-4H3. The highest BCUT2D eigenvalue weighted by atomic mass is 35.5. The van der Waals surface area contributed by atoms with Gasteiger partial charge in [-0.1, -0.05) is 31.5 Å². The second-order valence-electron chi connectivity index (χ2n) is 5.71. The first-order chi connectivity index (χ1) is 9.60. The van der Waals surface area contributed by atoms with Crippen molar-refractivity contribution in [2.75, 3.05) is 27.3 Å². The van der Waals surface area contributed by atoms with Gasteiger partial charge in [-0.25, -0.2) is 0 Å². The molecule has 1 saturated heterocycles. The Bertz CT molecular complexity index is 462. The number of hydrogen-bond acceptors (Lipinski definition) is 3. The number of rotatable bonds is 4. The van der Waals surface area contributed by atoms with Gasteiger partial charge in [-0.2, -0.15) is 0 Å². The molecule has 1 aromatic carbocycles. The maximum Gasteiger partial charge on any atom is 0.179 e. The van der Waals surface area contributed by atoms with Crippen LogP contribution in [0.3, 0.4) is 0 Å². The van der Waals surface area contributed by atoms with Crippen LogP contribution in [0, 0.1) is 11.8 Å². The van der Waals surface area contributed by atoms with Crippen LogP contribution in [-0.4, -0.2) is 27.3 Å². The normalized spacial score (nSPS) is 22.9. The van der Waals surface area contributed by atoms with Crippen molar-refractivity contribution in [3.05, 3.63) is 22.7 Å². The largest absolute Gasteiger partial charge is 0.493 e. The maximum atomic E-state index is 6.57. The van der Waals surface area contributed by atoms with Crippen LogP contribution >= 0.6 is 11.6 Å². The highest BCUT2D eigenvalue weighted by Gasteiger charge is 2.31. The summed E-state index contributed by atoms with van der Waals surface area (Å²) in [5.41, 5.74) is 1.18. The van der Waals surface area contributed by atoms with E-state index in [-0.39, 0.29) is 0 Å². The first-order valence-corrected chi connectivity index (χ1v) is 7.59. The summed E-state index contributed by atoms with van der Waals surface area (Å²) in [4.78, 5) is 0. The quantitative estimate of drug-likeness (QED) is 0.919. The minimum atomic E-state index is 0.476. The van der Waals surface area contributed by atoms with E-state index in [1.807, 2.05) is 6.07 Å². The van der Waals surface area contributed by atoms with Gasteiger partial charge in [0.05, 0.1) is 19.2 Å². The number of piperidine rings is 1. The Morgan fingerprint density at radius 3 is 2.60 bits per heavy atom. The minimum Gasteiger partial charge on any atom is -0.493 e. The molecule has 1 fully saturated rings. The van der Waals surface area contributed by atoms with Crippen molar-refractivity contribution in [3.8, 4) is 11.5 Å². The summed E-state index contributed by atoms with van der Waals surface area (Å²) >= 11 is 6.57. The van der Waals surface area contributed by atoms with Gasteiger partial charge in [0.2, 0.25) is 0 Å². The predicted molar refractivity (Wildman–Crippen MR) is 83.1 cm³/mol. The molecule has 2 atom stereocenters. The van der Waals surface area contributed by atoms with Crippen molar-refractivity contribution in [2.24, 2.45) is 11.8 Å². The van der Waals surface area contributed by atoms with Gasteiger partial charge in [-0.3, -0.25) is 0 Å². The lowest BCUT2D eigenvalue weighted by Gasteiger charge is -2.36. The van der Waals surface area contributed by atoms with Gasteiger partial charge >= 0.3 is 0 Å². The fraction of sp³-hybridized carbons (Fsp3) is 0.625. The van der Waals surface area contributed by atoms with Gasteiger partial charge < -0.3 is 14.8 Å². The molecule has 20 heavy (non-hydrogen) atoms. The van der Waals surface area contributed by atoms with E-state index in [0.29, 0.717) is 34.3 Å². The van der Waals surface area contributed by atoms with Crippen molar-refractivity contribution >= 4 is 11.6 Å². The van der Waals surface area contributed by atoms with E-state index in [2.05, 4.69) is 25.2 Å². The lowest BCUT2D eigenvalue weighted by Crippen LogP contribution is -2.38. The van der Waals surface area contributed by atoms with Gasteiger partial charge in [-0.15, -0.1) is 0 Å². The van der Waals surface area contributed by atoms with Crippen LogP contribution < -0.4 is 14.8 Å². The molecule has 0 radical (unpaired) electrons. The second-order valence-corrected chi connectivity index (χ2v) is 6.09. The number of benzene rings is 1. The number of hydrogen-bond donors (Lipinski definition) is 1. The van der Waals surface area contributed by atoms with E-state index in [1.54, 1.807) is 14.2 Å². The molecule has 2 rings (SSSR count). The predicted octanol–water partition coefficient (Wildman–Crippen LogP) is 3.71. The summed E-state index contributed by atoms with van der Waals surface area (Å²) in [5, 5.41) is 4.19. The van der Waals surface area contributed by atoms with Crippen LogP contribution in [0.5, 0.6) is 11.5 Å². The van der Waals surface area contributed by atoms with Crippen LogP contribution in [0.25, 0.3) is 0 Å². The van der Waals surface area contributed by atoms with Crippen LogP contribution in [0.4, 0.5) is 0 Å². The fourth-order valence-electron chi connectivity index (χ4n) is 3.16. The van der Waals surface area contributed by atoms with Crippen LogP contribution in [-0.2, 0) is 0 Å². The highest BCUT2D eigenvalue weighted by molar-refractivity contribution is 6.33. The van der Waals surface area contributed by atoms with E-state index in [9.17, 15) is 0 Å². The smallest absolute Gasteiger partial charge is 0.179 e. The van der Waals surface area contributed by atoms with E-state index in [0.717, 1.165) is 19.5 Å². The summed E-state index contributed by atoms with van der Waals surface area (Å²) in [5.74, 6) is 3.03.